The predicted molar refractivity (Wildman–Crippen MR) is 113 cm³/mol. The molecule has 0 bridgehead atoms. The minimum atomic E-state index is 0. The van der Waals surface area contributed by atoms with E-state index in [1.54, 1.807) is 0 Å². The van der Waals surface area contributed by atoms with Crippen LogP contribution in [0.4, 0.5) is 0 Å². The van der Waals surface area contributed by atoms with E-state index in [-0.39, 0.29) is 35.6 Å². The van der Waals surface area contributed by atoms with Crippen LogP contribution in [0.3, 0.4) is 0 Å². The summed E-state index contributed by atoms with van der Waals surface area (Å²) in [7, 11) is 0.525. The molecule has 152 valence electrons. The van der Waals surface area contributed by atoms with Crippen LogP contribution in [0.15, 0.2) is 0 Å². The van der Waals surface area contributed by atoms with Crippen LogP contribution in [-0.2, 0) is 29.1 Å². The van der Waals surface area contributed by atoms with Gasteiger partial charge in [-0.05, 0) is 34.0 Å². The molecule has 0 aromatic rings. The maximum absolute atomic E-state index is 7.50. The molecule has 0 atom stereocenters. The minimum absolute atomic E-state index is 0. The molecule has 0 unspecified atom stereocenters. The van der Waals surface area contributed by atoms with Gasteiger partial charge in [-0.2, -0.15) is 0 Å². The molecule has 0 spiro atoms. The van der Waals surface area contributed by atoms with E-state index in [9.17, 15) is 0 Å². The van der Waals surface area contributed by atoms with Gasteiger partial charge in [0.05, 0.1) is 0 Å². The molecule has 0 aliphatic rings. The van der Waals surface area contributed by atoms with E-state index in [1.165, 1.54) is 0 Å². The van der Waals surface area contributed by atoms with Crippen molar-refractivity contribution in [2.24, 2.45) is 0 Å². The summed E-state index contributed by atoms with van der Waals surface area (Å²) in [6, 6.07) is 0. The molecule has 0 saturated carbocycles. The van der Waals surface area contributed by atoms with Crippen LogP contribution >= 0.6 is 15.8 Å². The zero-order chi connectivity index (χ0) is 20.6. The first-order valence-electron chi connectivity index (χ1n) is 8.89. The Hall–Kier alpha value is 0.976. The van der Waals surface area contributed by atoms with E-state index in [0.717, 1.165) is 34.0 Å². The van der Waals surface area contributed by atoms with Crippen LogP contribution in [0.25, 0.3) is 0 Å². The van der Waals surface area contributed by atoms with E-state index >= 15 is 0 Å². The number of hydrogen-bond acceptors (Lipinski definition) is 0. The van der Waals surface area contributed by atoms with E-state index in [1.807, 2.05) is 0 Å². The van der Waals surface area contributed by atoms with Crippen molar-refractivity contribution in [3.63, 3.8) is 0 Å². The molecule has 0 radical (unpaired) electrons. The molecule has 0 aromatic carbocycles. The third kappa shape index (κ3) is 21.1. The zero-order valence-corrected chi connectivity index (χ0v) is 22.9. The van der Waals surface area contributed by atoms with Crippen LogP contribution in [-0.4, -0.2) is 34.0 Å². The summed E-state index contributed by atoms with van der Waals surface area (Å²) in [5, 5.41) is 0. The van der Waals surface area contributed by atoms with Gasteiger partial charge in [0.2, 0.25) is 0 Å². The minimum Gasteiger partial charge on any atom is 0 e. The van der Waals surface area contributed by atoms with Crippen molar-refractivity contribution in [1.82, 2.24) is 0 Å². The topological polar surface area (TPSA) is 39.8 Å². The molecular weight excluding hydrogens is 524 g/mol. The van der Waals surface area contributed by atoms with Crippen LogP contribution in [0.2, 0.25) is 0 Å². The Morgan fingerprint density at radius 2 is 0.480 bits per heavy atom. The summed E-state index contributed by atoms with van der Waals surface area (Å²) < 4.78 is 15.0. The fraction of sp³-hybridized carbons (Fsp3) is 0.900. The molecule has 0 rings (SSSR count). The second kappa shape index (κ2) is 23.0. The van der Waals surface area contributed by atoms with Crippen molar-refractivity contribution >= 4 is 15.8 Å². The van der Waals surface area contributed by atoms with Crippen molar-refractivity contribution in [1.29, 1.82) is 0 Å². The molecular formula is C20H42O2OsP2. The molecule has 0 aliphatic heterocycles. The first kappa shape index (κ1) is 36.8. The van der Waals surface area contributed by atoms with Gasteiger partial charge in [0.15, 0.2) is 0 Å². The van der Waals surface area contributed by atoms with Gasteiger partial charge in [0.25, 0.3) is 0 Å². The van der Waals surface area contributed by atoms with E-state index in [4.69, 9.17) is 9.30 Å². The van der Waals surface area contributed by atoms with Gasteiger partial charge < -0.3 is 0 Å². The van der Waals surface area contributed by atoms with E-state index in [0.29, 0.717) is 0 Å². The van der Waals surface area contributed by atoms with Crippen LogP contribution in [0, 0.1) is 13.3 Å². The number of rotatable bonds is 6. The summed E-state index contributed by atoms with van der Waals surface area (Å²) in [6.45, 7) is 37.2. The maximum Gasteiger partial charge on any atom is 0 e. The van der Waals surface area contributed by atoms with Gasteiger partial charge in [-0.15, -0.1) is 0 Å². The second-order valence-electron chi connectivity index (χ2n) is 7.46. The smallest absolute Gasteiger partial charge is 0 e. The van der Waals surface area contributed by atoms with Crippen LogP contribution in [0.1, 0.15) is 83.1 Å². The van der Waals surface area contributed by atoms with Crippen molar-refractivity contribution in [2.45, 2.75) is 117 Å². The van der Waals surface area contributed by atoms with Crippen molar-refractivity contribution < 1.29 is 29.1 Å². The summed E-state index contributed by atoms with van der Waals surface area (Å²) >= 11 is 0. The van der Waals surface area contributed by atoms with Crippen LogP contribution < -0.4 is 0 Å². The molecule has 25 heavy (non-hydrogen) atoms. The standard InChI is InChI=1S/2C9H21P.2CO.Os/c2*1-7(2)10(8(3)4)9(5)6;2*1-2;/h2*7-9H,1-6H3;;;. The summed E-state index contributed by atoms with van der Waals surface area (Å²) in [5.41, 5.74) is 5.39. The third-order valence-corrected chi connectivity index (χ3v) is 10.7. The molecule has 0 amide bonds. The van der Waals surface area contributed by atoms with Crippen molar-refractivity contribution in [3.8, 4) is 0 Å². The Bertz CT molecular complexity index is 231. The van der Waals surface area contributed by atoms with Gasteiger partial charge in [-0.25, -0.2) is 0 Å². The fourth-order valence-electron chi connectivity index (χ4n) is 3.58. The predicted octanol–water partition coefficient (Wildman–Crippen LogP) is 7.31. The molecule has 0 fully saturated rings. The van der Waals surface area contributed by atoms with Gasteiger partial charge in [-0.3, -0.25) is 0 Å². The van der Waals surface area contributed by atoms with Crippen molar-refractivity contribution in [3.05, 3.63) is 13.3 Å². The third-order valence-electron chi connectivity index (χ3n) is 3.58. The zero-order valence-electron chi connectivity index (χ0n) is 18.5. The largest absolute Gasteiger partial charge is 0 e. The Morgan fingerprint density at radius 1 is 0.400 bits per heavy atom. The Kier molecular flexibility index (Phi) is 33.9. The second-order valence-corrected chi connectivity index (χ2v) is 15.4. The quantitative estimate of drug-likeness (QED) is 0.184. The molecule has 0 aromatic heterocycles. The molecule has 0 N–H and O–H groups in total. The molecule has 2 nitrogen and oxygen atoms in total. The average Bonchev–Trinajstić information content (AvgIpc) is 2.40. The number of hydrogen-bond donors (Lipinski definition) is 0. The fourth-order valence-corrected chi connectivity index (χ4v) is 10.7. The van der Waals surface area contributed by atoms with Crippen LogP contribution in [0.5, 0.6) is 0 Å². The maximum atomic E-state index is 7.50. The summed E-state index contributed by atoms with van der Waals surface area (Å²) in [6.07, 6.45) is 0. The summed E-state index contributed by atoms with van der Waals surface area (Å²) in [5.74, 6) is 0. The van der Waals surface area contributed by atoms with Gasteiger partial charge in [0, 0.05) is 19.8 Å². The monoisotopic (exact) mass is 568 g/mol. The van der Waals surface area contributed by atoms with E-state index < -0.39 is 0 Å². The first-order valence-corrected chi connectivity index (χ1v) is 12.0. The normalized spacial score (nSPS) is 10.2. The first-order chi connectivity index (χ1) is 10.9. The van der Waals surface area contributed by atoms with Gasteiger partial charge in [-0.1, -0.05) is 98.9 Å². The Morgan fingerprint density at radius 3 is 0.480 bits per heavy atom. The SMILES string of the molecule is CC(C)P(C(C)C)C(C)C.CC(C)P(C(C)C)C(C)C.[C-]#[O+].[C-]#[O+].[Os]. The molecule has 0 aliphatic carbocycles. The molecule has 0 saturated heterocycles. The van der Waals surface area contributed by atoms with Gasteiger partial charge in [0.1, 0.15) is 0 Å². The summed E-state index contributed by atoms with van der Waals surface area (Å²) in [4.78, 5) is 0. The van der Waals surface area contributed by atoms with Crippen molar-refractivity contribution in [2.75, 3.05) is 0 Å². The Balaban J connectivity index is -0.0000000858. The molecule has 5 heteroatoms. The van der Waals surface area contributed by atoms with Gasteiger partial charge >= 0.3 is 22.6 Å². The van der Waals surface area contributed by atoms with E-state index in [2.05, 4.69) is 96.4 Å². The molecule has 0 heterocycles. The average molecular weight is 567 g/mol. The Labute approximate surface area is 175 Å².